The van der Waals surface area contributed by atoms with Crippen LogP contribution in [0.3, 0.4) is 0 Å². The first-order valence-corrected chi connectivity index (χ1v) is 7.06. The first-order valence-electron chi connectivity index (χ1n) is 6.69. The second kappa shape index (κ2) is 6.57. The van der Waals surface area contributed by atoms with E-state index in [9.17, 15) is 18.0 Å². The summed E-state index contributed by atoms with van der Waals surface area (Å²) in [5, 5.41) is 4.06. The average Bonchev–Trinajstić information content (AvgIpc) is 2.88. The summed E-state index contributed by atoms with van der Waals surface area (Å²) < 4.78 is 39.1. The number of hydrogen-bond donors (Lipinski definition) is 0. The van der Waals surface area contributed by atoms with Crippen LogP contribution in [0.25, 0.3) is 5.69 Å². The number of carbonyl (C=O) groups is 1. The van der Waals surface area contributed by atoms with Gasteiger partial charge in [0, 0.05) is 19.7 Å². The first-order chi connectivity index (χ1) is 10.7. The van der Waals surface area contributed by atoms with Gasteiger partial charge in [0.05, 0.1) is 24.0 Å². The second-order valence-electron chi connectivity index (χ2n) is 5.06. The minimum absolute atomic E-state index is 0.0179. The highest BCUT2D eigenvalue weighted by Gasteiger charge is 2.38. The standard InChI is InChI=1S/C14H14ClF3N4O/c1-9(14(16,17)18)6-12(23)21(2)11-8-22(20-13(11)15)10-4-3-5-19-7-10/h3-5,7-9H,6H2,1-2H3. The van der Waals surface area contributed by atoms with Crippen LogP contribution in [0.4, 0.5) is 18.9 Å². The van der Waals surface area contributed by atoms with Crippen LogP contribution in [0.2, 0.25) is 5.15 Å². The Balaban J connectivity index is 2.18. The number of alkyl halides is 3. The van der Waals surface area contributed by atoms with Gasteiger partial charge in [-0.05, 0) is 12.1 Å². The summed E-state index contributed by atoms with van der Waals surface area (Å²) >= 11 is 5.99. The van der Waals surface area contributed by atoms with E-state index in [1.54, 1.807) is 24.5 Å². The number of hydrogen-bond acceptors (Lipinski definition) is 3. The lowest BCUT2D eigenvalue weighted by molar-refractivity contribution is -0.173. The van der Waals surface area contributed by atoms with Crippen molar-refractivity contribution in [2.45, 2.75) is 19.5 Å². The molecule has 0 saturated carbocycles. The predicted octanol–water partition coefficient (Wildman–Crippen LogP) is 3.47. The van der Waals surface area contributed by atoms with Gasteiger partial charge in [-0.1, -0.05) is 18.5 Å². The topological polar surface area (TPSA) is 51.0 Å². The Bertz CT molecular complexity index is 687. The lowest BCUT2D eigenvalue weighted by atomic mass is 10.1. The summed E-state index contributed by atoms with van der Waals surface area (Å²) in [5.41, 5.74) is 0.847. The highest BCUT2D eigenvalue weighted by molar-refractivity contribution is 6.32. The van der Waals surface area contributed by atoms with Crippen molar-refractivity contribution in [3.05, 3.63) is 35.9 Å². The molecule has 23 heavy (non-hydrogen) atoms. The van der Waals surface area contributed by atoms with Crippen LogP contribution in [0.15, 0.2) is 30.7 Å². The molecule has 124 valence electrons. The Morgan fingerprint density at radius 1 is 1.48 bits per heavy atom. The Kier molecular flexibility index (Phi) is 4.93. The molecule has 0 aromatic carbocycles. The molecule has 0 fully saturated rings. The van der Waals surface area contributed by atoms with Crippen LogP contribution in [0.1, 0.15) is 13.3 Å². The number of carbonyl (C=O) groups excluding carboxylic acids is 1. The van der Waals surface area contributed by atoms with E-state index in [0.29, 0.717) is 5.69 Å². The van der Waals surface area contributed by atoms with Crippen molar-refractivity contribution in [2.75, 3.05) is 11.9 Å². The van der Waals surface area contributed by atoms with Crippen molar-refractivity contribution in [3.63, 3.8) is 0 Å². The molecular weight excluding hydrogens is 333 g/mol. The van der Waals surface area contributed by atoms with Crippen molar-refractivity contribution < 1.29 is 18.0 Å². The molecule has 0 aliphatic carbocycles. The maximum absolute atomic E-state index is 12.6. The lowest BCUT2D eigenvalue weighted by Crippen LogP contribution is -2.31. The summed E-state index contributed by atoms with van der Waals surface area (Å²) in [5.74, 6) is -2.42. The van der Waals surface area contributed by atoms with Crippen molar-refractivity contribution in [2.24, 2.45) is 5.92 Å². The van der Waals surface area contributed by atoms with E-state index in [1.807, 2.05) is 0 Å². The third-order valence-electron chi connectivity index (χ3n) is 3.34. The molecule has 1 atom stereocenters. The van der Waals surface area contributed by atoms with E-state index < -0.39 is 24.4 Å². The number of rotatable bonds is 4. The number of nitrogens with zero attached hydrogens (tertiary/aromatic N) is 4. The fraction of sp³-hybridized carbons (Fsp3) is 0.357. The zero-order valence-corrected chi connectivity index (χ0v) is 13.1. The molecule has 0 N–H and O–H groups in total. The second-order valence-corrected chi connectivity index (χ2v) is 5.42. The fourth-order valence-corrected chi connectivity index (χ4v) is 2.10. The van der Waals surface area contributed by atoms with Gasteiger partial charge in [0.1, 0.15) is 5.69 Å². The number of amides is 1. The monoisotopic (exact) mass is 346 g/mol. The zero-order chi connectivity index (χ0) is 17.2. The van der Waals surface area contributed by atoms with Crippen molar-refractivity contribution in [1.29, 1.82) is 0 Å². The van der Waals surface area contributed by atoms with Crippen molar-refractivity contribution >= 4 is 23.2 Å². The molecule has 2 rings (SSSR count). The summed E-state index contributed by atoms with van der Waals surface area (Å²) in [6.07, 6.45) is -0.478. The minimum atomic E-state index is -4.42. The van der Waals surface area contributed by atoms with Gasteiger partial charge in [0.15, 0.2) is 5.15 Å². The van der Waals surface area contributed by atoms with Gasteiger partial charge < -0.3 is 4.90 Å². The lowest BCUT2D eigenvalue weighted by Gasteiger charge is -2.20. The van der Waals surface area contributed by atoms with Crippen LogP contribution >= 0.6 is 11.6 Å². The Hall–Kier alpha value is -2.09. The minimum Gasteiger partial charge on any atom is -0.311 e. The molecule has 0 spiro atoms. The van der Waals surface area contributed by atoms with Gasteiger partial charge in [-0.25, -0.2) is 4.68 Å². The Labute approximate surface area is 135 Å². The quantitative estimate of drug-likeness (QED) is 0.851. The molecule has 2 aromatic rings. The molecule has 0 aliphatic rings. The van der Waals surface area contributed by atoms with Crippen LogP contribution < -0.4 is 4.90 Å². The Morgan fingerprint density at radius 3 is 2.74 bits per heavy atom. The Morgan fingerprint density at radius 2 is 2.17 bits per heavy atom. The smallest absolute Gasteiger partial charge is 0.311 e. The van der Waals surface area contributed by atoms with E-state index in [1.165, 1.54) is 17.9 Å². The van der Waals surface area contributed by atoms with Crippen LogP contribution in [0, 0.1) is 5.92 Å². The van der Waals surface area contributed by atoms with E-state index in [2.05, 4.69) is 10.1 Å². The van der Waals surface area contributed by atoms with E-state index in [0.717, 1.165) is 11.8 Å². The van der Waals surface area contributed by atoms with Gasteiger partial charge in [0.25, 0.3) is 0 Å². The van der Waals surface area contributed by atoms with Crippen molar-refractivity contribution in [3.8, 4) is 5.69 Å². The number of pyridine rings is 1. The third kappa shape index (κ3) is 4.01. The van der Waals surface area contributed by atoms with E-state index in [4.69, 9.17) is 11.6 Å². The molecule has 0 radical (unpaired) electrons. The normalized spacial score (nSPS) is 13.0. The zero-order valence-electron chi connectivity index (χ0n) is 12.4. The van der Waals surface area contributed by atoms with Gasteiger partial charge in [0.2, 0.25) is 5.91 Å². The molecule has 1 unspecified atom stereocenters. The number of aromatic nitrogens is 3. The largest absolute Gasteiger partial charge is 0.392 e. The molecular formula is C14H14ClF3N4O. The number of halogens is 4. The molecule has 0 saturated heterocycles. The highest BCUT2D eigenvalue weighted by atomic mass is 35.5. The van der Waals surface area contributed by atoms with Gasteiger partial charge >= 0.3 is 6.18 Å². The molecule has 0 bridgehead atoms. The van der Waals surface area contributed by atoms with Crippen molar-refractivity contribution in [1.82, 2.24) is 14.8 Å². The maximum atomic E-state index is 12.6. The fourth-order valence-electron chi connectivity index (χ4n) is 1.84. The SMILES string of the molecule is CC(CC(=O)N(C)c1cn(-c2cccnc2)nc1Cl)C(F)(F)F. The summed E-state index contributed by atoms with van der Waals surface area (Å²) in [6.45, 7) is 0.965. The molecule has 5 nitrogen and oxygen atoms in total. The maximum Gasteiger partial charge on any atom is 0.392 e. The molecule has 1 amide bonds. The van der Waals surface area contributed by atoms with E-state index in [-0.39, 0.29) is 10.8 Å². The number of anilines is 1. The molecule has 2 aromatic heterocycles. The molecule has 0 aliphatic heterocycles. The predicted molar refractivity (Wildman–Crippen MR) is 79.6 cm³/mol. The summed E-state index contributed by atoms with van der Waals surface area (Å²) in [6, 6.07) is 3.43. The van der Waals surface area contributed by atoms with Gasteiger partial charge in [-0.2, -0.15) is 18.3 Å². The average molecular weight is 347 g/mol. The van der Waals surface area contributed by atoms with Crippen LogP contribution in [0.5, 0.6) is 0 Å². The first kappa shape index (κ1) is 17.3. The summed E-state index contributed by atoms with van der Waals surface area (Å²) in [7, 11) is 1.36. The van der Waals surface area contributed by atoms with Gasteiger partial charge in [-0.15, -0.1) is 0 Å². The van der Waals surface area contributed by atoms with E-state index >= 15 is 0 Å². The molecule has 2 heterocycles. The van der Waals surface area contributed by atoms with Crippen LogP contribution in [-0.2, 0) is 4.79 Å². The highest BCUT2D eigenvalue weighted by Crippen LogP contribution is 2.30. The third-order valence-corrected chi connectivity index (χ3v) is 3.61. The van der Waals surface area contributed by atoms with Crippen LogP contribution in [-0.4, -0.2) is 33.9 Å². The summed E-state index contributed by atoms with van der Waals surface area (Å²) in [4.78, 5) is 17.0. The van der Waals surface area contributed by atoms with Gasteiger partial charge in [-0.3, -0.25) is 9.78 Å². The molecule has 9 heteroatoms.